The summed E-state index contributed by atoms with van der Waals surface area (Å²) in [5.74, 6) is 0.669. The molecule has 0 amide bonds. The lowest BCUT2D eigenvalue weighted by Crippen LogP contribution is -2.43. The standard InChI is InChI=1S/C15H20N4O/c1-12(2)18-9-13-6-8-17-19(13)14(10-18)11-20-15-5-3-4-7-16-15/h3-8,12,14H,9-11H2,1-2H3/t14-/m1/s1. The molecule has 5 nitrogen and oxygen atoms in total. The molecular formula is C15H20N4O. The fourth-order valence-corrected chi connectivity index (χ4v) is 2.55. The minimum absolute atomic E-state index is 0.234. The van der Waals surface area contributed by atoms with Gasteiger partial charge in [0.2, 0.25) is 5.88 Å². The lowest BCUT2D eigenvalue weighted by molar-refractivity contribution is 0.107. The number of rotatable bonds is 4. The Kier molecular flexibility index (Phi) is 3.69. The average molecular weight is 272 g/mol. The predicted octanol–water partition coefficient (Wildman–Crippen LogP) is 2.12. The summed E-state index contributed by atoms with van der Waals surface area (Å²) in [4.78, 5) is 6.64. The van der Waals surface area contributed by atoms with E-state index >= 15 is 0 Å². The highest BCUT2D eigenvalue weighted by Gasteiger charge is 2.27. The number of hydrogen-bond acceptors (Lipinski definition) is 4. The first-order valence-electron chi connectivity index (χ1n) is 7.04. The van der Waals surface area contributed by atoms with E-state index in [1.807, 2.05) is 24.4 Å². The summed E-state index contributed by atoms with van der Waals surface area (Å²) in [5.41, 5.74) is 1.25. The Balaban J connectivity index is 1.72. The van der Waals surface area contributed by atoms with Crippen LogP contribution in [0.2, 0.25) is 0 Å². The van der Waals surface area contributed by atoms with Gasteiger partial charge in [0, 0.05) is 37.6 Å². The molecule has 1 aliphatic rings. The largest absolute Gasteiger partial charge is 0.475 e. The Bertz CT molecular complexity index is 552. The molecular weight excluding hydrogens is 252 g/mol. The third-order valence-electron chi connectivity index (χ3n) is 3.70. The van der Waals surface area contributed by atoms with Crippen molar-refractivity contribution in [3.05, 3.63) is 42.4 Å². The first kappa shape index (κ1) is 13.1. The molecule has 0 N–H and O–H groups in total. The molecule has 0 radical (unpaired) electrons. The maximum absolute atomic E-state index is 5.80. The number of aromatic nitrogens is 3. The van der Waals surface area contributed by atoms with E-state index in [1.54, 1.807) is 6.20 Å². The highest BCUT2D eigenvalue weighted by Crippen LogP contribution is 2.22. The quantitative estimate of drug-likeness (QED) is 0.855. The van der Waals surface area contributed by atoms with Gasteiger partial charge in [-0.3, -0.25) is 9.58 Å². The molecule has 20 heavy (non-hydrogen) atoms. The lowest BCUT2D eigenvalue weighted by atomic mass is 10.1. The van der Waals surface area contributed by atoms with Gasteiger partial charge in [0.1, 0.15) is 6.61 Å². The van der Waals surface area contributed by atoms with Gasteiger partial charge in [-0.05, 0) is 26.0 Å². The van der Waals surface area contributed by atoms with Crippen LogP contribution in [0, 0.1) is 0 Å². The van der Waals surface area contributed by atoms with Crippen LogP contribution < -0.4 is 4.74 Å². The van der Waals surface area contributed by atoms with Crippen molar-refractivity contribution < 1.29 is 4.74 Å². The van der Waals surface area contributed by atoms with Crippen molar-refractivity contribution in [3.8, 4) is 5.88 Å². The van der Waals surface area contributed by atoms with Crippen molar-refractivity contribution in [1.82, 2.24) is 19.7 Å². The zero-order valence-electron chi connectivity index (χ0n) is 11.9. The molecule has 1 aliphatic heterocycles. The van der Waals surface area contributed by atoms with Gasteiger partial charge in [-0.25, -0.2) is 4.98 Å². The number of pyridine rings is 1. The molecule has 0 unspecified atom stereocenters. The van der Waals surface area contributed by atoms with Crippen molar-refractivity contribution in [2.45, 2.75) is 32.5 Å². The van der Waals surface area contributed by atoms with E-state index < -0.39 is 0 Å². The van der Waals surface area contributed by atoms with E-state index in [1.165, 1.54) is 5.69 Å². The normalized spacial score (nSPS) is 19.1. The molecule has 1 atom stereocenters. The van der Waals surface area contributed by atoms with Crippen molar-refractivity contribution >= 4 is 0 Å². The minimum atomic E-state index is 0.234. The molecule has 0 saturated heterocycles. The summed E-state index contributed by atoms with van der Waals surface area (Å²) in [6.45, 7) is 6.96. The number of hydrogen-bond donors (Lipinski definition) is 0. The van der Waals surface area contributed by atoms with E-state index in [0.29, 0.717) is 18.5 Å². The molecule has 0 saturated carbocycles. The highest BCUT2D eigenvalue weighted by molar-refractivity contribution is 5.10. The second-order valence-corrected chi connectivity index (χ2v) is 5.42. The molecule has 0 aromatic carbocycles. The summed E-state index contributed by atoms with van der Waals surface area (Å²) in [6, 6.07) is 8.55. The zero-order chi connectivity index (χ0) is 13.9. The lowest BCUT2D eigenvalue weighted by Gasteiger charge is -2.36. The molecule has 0 aliphatic carbocycles. The average Bonchev–Trinajstić information content (AvgIpc) is 2.94. The summed E-state index contributed by atoms with van der Waals surface area (Å²) >= 11 is 0. The second-order valence-electron chi connectivity index (χ2n) is 5.42. The molecule has 5 heteroatoms. The number of nitrogens with zero attached hydrogens (tertiary/aromatic N) is 4. The van der Waals surface area contributed by atoms with Gasteiger partial charge in [0.15, 0.2) is 0 Å². The minimum Gasteiger partial charge on any atom is -0.475 e. The van der Waals surface area contributed by atoms with Gasteiger partial charge in [0.05, 0.1) is 11.7 Å². The van der Waals surface area contributed by atoms with Crippen LogP contribution in [0.25, 0.3) is 0 Å². The first-order valence-corrected chi connectivity index (χ1v) is 7.04. The van der Waals surface area contributed by atoms with Gasteiger partial charge in [-0.15, -0.1) is 0 Å². The number of fused-ring (bicyclic) bond motifs is 1. The molecule has 0 spiro atoms. The smallest absolute Gasteiger partial charge is 0.213 e. The molecule has 3 heterocycles. The monoisotopic (exact) mass is 272 g/mol. The second kappa shape index (κ2) is 5.63. The SMILES string of the molecule is CC(C)N1Cc2ccnn2[C@@H](COc2ccccn2)C1. The number of ether oxygens (including phenoxy) is 1. The Morgan fingerprint density at radius 3 is 2.95 bits per heavy atom. The Labute approximate surface area is 119 Å². The molecule has 0 fully saturated rings. The Morgan fingerprint density at radius 2 is 2.20 bits per heavy atom. The summed E-state index contributed by atoms with van der Waals surface area (Å²) < 4.78 is 7.89. The van der Waals surface area contributed by atoms with E-state index in [-0.39, 0.29) is 6.04 Å². The van der Waals surface area contributed by atoms with Crippen LogP contribution in [-0.2, 0) is 6.54 Å². The van der Waals surface area contributed by atoms with Gasteiger partial charge in [-0.2, -0.15) is 5.10 Å². The van der Waals surface area contributed by atoms with Crippen molar-refractivity contribution in [3.63, 3.8) is 0 Å². The maximum Gasteiger partial charge on any atom is 0.213 e. The molecule has 2 aromatic heterocycles. The van der Waals surface area contributed by atoms with Crippen LogP contribution in [0.1, 0.15) is 25.6 Å². The van der Waals surface area contributed by atoms with Crippen LogP contribution in [0.5, 0.6) is 5.88 Å². The fraction of sp³-hybridized carbons (Fsp3) is 0.467. The van der Waals surface area contributed by atoms with Crippen LogP contribution in [-0.4, -0.2) is 38.9 Å². The van der Waals surface area contributed by atoms with Crippen LogP contribution in [0.15, 0.2) is 36.7 Å². The third-order valence-corrected chi connectivity index (χ3v) is 3.70. The summed E-state index contributed by atoms with van der Waals surface area (Å²) in [7, 11) is 0. The topological polar surface area (TPSA) is 43.2 Å². The first-order chi connectivity index (χ1) is 9.74. The van der Waals surface area contributed by atoms with Crippen LogP contribution >= 0.6 is 0 Å². The Morgan fingerprint density at radius 1 is 1.30 bits per heavy atom. The molecule has 106 valence electrons. The molecule has 2 aromatic rings. The predicted molar refractivity (Wildman–Crippen MR) is 76.5 cm³/mol. The van der Waals surface area contributed by atoms with Gasteiger partial charge >= 0.3 is 0 Å². The maximum atomic E-state index is 5.80. The molecule has 0 bridgehead atoms. The van der Waals surface area contributed by atoms with E-state index in [0.717, 1.165) is 13.1 Å². The van der Waals surface area contributed by atoms with E-state index in [4.69, 9.17) is 4.74 Å². The Hall–Kier alpha value is -1.88. The summed E-state index contributed by atoms with van der Waals surface area (Å²) in [5, 5.41) is 4.43. The highest BCUT2D eigenvalue weighted by atomic mass is 16.5. The summed E-state index contributed by atoms with van der Waals surface area (Å²) in [6.07, 6.45) is 3.61. The van der Waals surface area contributed by atoms with Gasteiger partial charge in [-0.1, -0.05) is 6.07 Å². The van der Waals surface area contributed by atoms with Crippen LogP contribution in [0.3, 0.4) is 0 Å². The third kappa shape index (κ3) is 2.67. The van der Waals surface area contributed by atoms with Crippen molar-refractivity contribution in [1.29, 1.82) is 0 Å². The molecule has 3 rings (SSSR count). The van der Waals surface area contributed by atoms with Gasteiger partial charge in [0.25, 0.3) is 0 Å². The van der Waals surface area contributed by atoms with Crippen LogP contribution in [0.4, 0.5) is 0 Å². The fourth-order valence-electron chi connectivity index (χ4n) is 2.55. The van der Waals surface area contributed by atoms with Gasteiger partial charge < -0.3 is 4.74 Å². The zero-order valence-corrected chi connectivity index (χ0v) is 11.9. The van der Waals surface area contributed by atoms with Crippen molar-refractivity contribution in [2.75, 3.05) is 13.2 Å². The van der Waals surface area contributed by atoms with Crippen molar-refractivity contribution in [2.24, 2.45) is 0 Å². The van der Waals surface area contributed by atoms with E-state index in [2.05, 4.69) is 39.6 Å². The van der Waals surface area contributed by atoms with E-state index in [9.17, 15) is 0 Å².